The number of carbonyl (C=O) groups excluding carboxylic acids is 1. The highest BCUT2D eigenvalue weighted by Gasteiger charge is 2.46. The van der Waals surface area contributed by atoms with Gasteiger partial charge in [0.05, 0.1) is 17.3 Å². The summed E-state index contributed by atoms with van der Waals surface area (Å²) in [6.45, 7) is 5.41. The fourth-order valence-electron chi connectivity index (χ4n) is 2.39. The minimum Gasteiger partial charge on any atom is -0.369 e. The largest absolute Gasteiger partial charge is 0.369 e. The molecule has 0 radical (unpaired) electrons. The first-order chi connectivity index (χ1) is 9.73. The molecule has 1 aromatic heterocycles. The number of nitrogens with one attached hydrogen (secondary N) is 1. The molecule has 0 saturated carbocycles. The van der Waals surface area contributed by atoms with Crippen molar-refractivity contribution >= 4 is 16.7 Å². The average Bonchev–Trinajstić information content (AvgIpc) is 2.39. The maximum absolute atomic E-state index is 12.5. The minimum atomic E-state index is -1.49. The smallest absolute Gasteiger partial charge is 0.280 e. The van der Waals surface area contributed by atoms with Crippen LogP contribution in [0.3, 0.4) is 0 Å². The van der Waals surface area contributed by atoms with E-state index in [4.69, 9.17) is 0 Å². The molecule has 0 fully saturated rings. The Kier molecular flexibility index (Phi) is 2.71. The molecule has 6 heteroatoms. The van der Waals surface area contributed by atoms with Crippen molar-refractivity contribution in [3.8, 4) is 0 Å². The van der Waals surface area contributed by atoms with Crippen molar-refractivity contribution in [1.29, 1.82) is 0 Å². The van der Waals surface area contributed by atoms with E-state index < -0.39 is 11.1 Å². The molecule has 0 aliphatic carbocycles. The molecule has 2 heterocycles. The lowest BCUT2D eigenvalue weighted by molar-refractivity contribution is -0.0490. The molecule has 21 heavy (non-hydrogen) atoms. The molecular weight excluding hydrogens is 270 g/mol. The molecule has 3 rings (SSSR count). The number of fused-ring (bicyclic) bond motifs is 2. The standard InChI is InChI=1S/C15H17N3O3/c1-14(2,3)15(21)8-11(19)12-16-10-7-5-4-6-9(10)13(20)18(12)17-15/h4-7,17,21H,8H2,1-3H3/t15-/m1/s1. The Morgan fingerprint density at radius 2 is 1.95 bits per heavy atom. The summed E-state index contributed by atoms with van der Waals surface area (Å²) in [5.74, 6) is -0.318. The van der Waals surface area contributed by atoms with E-state index in [1.165, 1.54) is 0 Å². The molecule has 1 aliphatic rings. The van der Waals surface area contributed by atoms with Gasteiger partial charge in [-0.15, -0.1) is 0 Å². The second-order valence-corrected chi connectivity index (χ2v) is 6.42. The van der Waals surface area contributed by atoms with E-state index in [0.29, 0.717) is 10.9 Å². The summed E-state index contributed by atoms with van der Waals surface area (Å²) in [4.78, 5) is 29.1. The molecule has 2 aromatic rings. The van der Waals surface area contributed by atoms with Crippen LogP contribution in [0.1, 0.15) is 37.8 Å². The van der Waals surface area contributed by atoms with Gasteiger partial charge in [-0.3, -0.25) is 15.0 Å². The molecular formula is C15H17N3O3. The van der Waals surface area contributed by atoms with Crippen molar-refractivity contribution in [2.75, 3.05) is 5.43 Å². The number of para-hydroxylation sites is 1. The van der Waals surface area contributed by atoms with Crippen LogP contribution in [-0.2, 0) is 0 Å². The molecule has 6 nitrogen and oxygen atoms in total. The number of rotatable bonds is 0. The summed E-state index contributed by atoms with van der Waals surface area (Å²) in [7, 11) is 0. The monoisotopic (exact) mass is 287 g/mol. The number of nitrogens with zero attached hydrogens (tertiary/aromatic N) is 2. The maximum atomic E-state index is 12.5. The molecule has 0 saturated heterocycles. The van der Waals surface area contributed by atoms with Crippen LogP contribution in [0.5, 0.6) is 0 Å². The Bertz CT molecular complexity index is 804. The van der Waals surface area contributed by atoms with Crippen molar-refractivity contribution < 1.29 is 9.90 Å². The van der Waals surface area contributed by atoms with Gasteiger partial charge in [-0.1, -0.05) is 32.9 Å². The summed E-state index contributed by atoms with van der Waals surface area (Å²) in [6.07, 6.45) is -0.124. The van der Waals surface area contributed by atoms with Gasteiger partial charge in [0.15, 0.2) is 11.5 Å². The number of ketones is 1. The third kappa shape index (κ3) is 1.94. The Morgan fingerprint density at radius 1 is 1.29 bits per heavy atom. The first-order valence-corrected chi connectivity index (χ1v) is 6.78. The van der Waals surface area contributed by atoms with Crippen LogP contribution in [-0.4, -0.2) is 26.3 Å². The van der Waals surface area contributed by atoms with Gasteiger partial charge in [-0.2, -0.15) is 4.68 Å². The summed E-state index contributed by atoms with van der Waals surface area (Å²) in [6, 6.07) is 6.83. The van der Waals surface area contributed by atoms with Crippen LogP contribution in [0.15, 0.2) is 29.1 Å². The fraction of sp³-hybridized carbons (Fsp3) is 0.400. The lowest BCUT2D eigenvalue weighted by atomic mass is 9.79. The second-order valence-electron chi connectivity index (χ2n) is 6.42. The van der Waals surface area contributed by atoms with Crippen molar-refractivity contribution in [3.05, 3.63) is 40.4 Å². The van der Waals surface area contributed by atoms with Crippen LogP contribution in [0.2, 0.25) is 0 Å². The number of aromatic nitrogens is 2. The van der Waals surface area contributed by atoms with Crippen molar-refractivity contribution in [1.82, 2.24) is 9.66 Å². The minimum absolute atomic E-state index is 0.0348. The van der Waals surface area contributed by atoms with Gasteiger partial charge in [0.2, 0.25) is 5.78 Å². The summed E-state index contributed by atoms with van der Waals surface area (Å²) >= 11 is 0. The van der Waals surface area contributed by atoms with Crippen LogP contribution >= 0.6 is 0 Å². The molecule has 0 spiro atoms. The first-order valence-electron chi connectivity index (χ1n) is 6.78. The molecule has 1 aliphatic heterocycles. The van der Waals surface area contributed by atoms with Crippen LogP contribution in [0.25, 0.3) is 10.9 Å². The highest BCUT2D eigenvalue weighted by molar-refractivity contribution is 5.96. The number of aliphatic hydroxyl groups is 1. The molecule has 1 atom stereocenters. The lowest BCUT2D eigenvalue weighted by Crippen LogP contribution is -2.60. The SMILES string of the molecule is CC(C)(C)[C@]1(O)CC(=O)c2nc3ccccc3c(=O)n2N1. The topological polar surface area (TPSA) is 84.2 Å². The summed E-state index contributed by atoms with van der Waals surface area (Å²) < 4.78 is 1.07. The third-order valence-corrected chi connectivity index (χ3v) is 3.98. The zero-order chi connectivity index (χ0) is 15.4. The van der Waals surface area contributed by atoms with Gasteiger partial charge >= 0.3 is 0 Å². The zero-order valence-electron chi connectivity index (χ0n) is 12.2. The van der Waals surface area contributed by atoms with E-state index in [9.17, 15) is 14.7 Å². The predicted molar refractivity (Wildman–Crippen MR) is 78.7 cm³/mol. The van der Waals surface area contributed by atoms with Gasteiger partial charge < -0.3 is 5.11 Å². The van der Waals surface area contributed by atoms with E-state index in [1.807, 2.05) is 0 Å². The summed E-state index contributed by atoms with van der Waals surface area (Å²) in [5.41, 5.74) is 0.760. The Labute approximate surface area is 121 Å². The van der Waals surface area contributed by atoms with Crippen molar-refractivity contribution in [3.63, 3.8) is 0 Å². The van der Waals surface area contributed by atoms with E-state index >= 15 is 0 Å². The van der Waals surface area contributed by atoms with Crippen LogP contribution < -0.4 is 11.0 Å². The van der Waals surface area contributed by atoms with E-state index in [1.54, 1.807) is 45.0 Å². The van der Waals surface area contributed by atoms with Gasteiger partial charge in [0.1, 0.15) is 0 Å². The zero-order valence-corrected chi connectivity index (χ0v) is 12.2. The second kappa shape index (κ2) is 4.14. The van der Waals surface area contributed by atoms with Crippen molar-refractivity contribution in [2.45, 2.75) is 32.9 Å². The van der Waals surface area contributed by atoms with E-state index in [2.05, 4.69) is 10.4 Å². The van der Waals surface area contributed by atoms with Crippen molar-refractivity contribution in [2.24, 2.45) is 5.41 Å². The van der Waals surface area contributed by atoms with Gasteiger partial charge in [-0.25, -0.2) is 4.98 Å². The maximum Gasteiger partial charge on any atom is 0.280 e. The number of hydrogen-bond donors (Lipinski definition) is 2. The van der Waals surface area contributed by atoms with Gasteiger partial charge in [0, 0.05) is 5.41 Å². The lowest BCUT2D eigenvalue weighted by Gasteiger charge is -2.43. The molecule has 0 amide bonds. The van der Waals surface area contributed by atoms with E-state index in [-0.39, 0.29) is 23.6 Å². The average molecular weight is 287 g/mol. The molecule has 1 aromatic carbocycles. The van der Waals surface area contributed by atoms with Crippen LogP contribution in [0, 0.1) is 5.41 Å². The first kappa shape index (κ1) is 13.8. The molecule has 110 valence electrons. The Balaban J connectivity index is 2.28. The Morgan fingerprint density at radius 3 is 2.62 bits per heavy atom. The Hall–Kier alpha value is -2.21. The quantitative estimate of drug-likeness (QED) is 0.762. The van der Waals surface area contributed by atoms with Gasteiger partial charge in [0.25, 0.3) is 5.56 Å². The number of hydrogen-bond acceptors (Lipinski definition) is 5. The highest BCUT2D eigenvalue weighted by atomic mass is 16.3. The number of Topliss-reactive ketones (excluding diaryl/α,β-unsaturated/α-hetero) is 1. The van der Waals surface area contributed by atoms with Gasteiger partial charge in [-0.05, 0) is 12.1 Å². The van der Waals surface area contributed by atoms with E-state index in [0.717, 1.165) is 4.68 Å². The number of carbonyl (C=O) groups is 1. The van der Waals surface area contributed by atoms with Crippen LogP contribution in [0.4, 0.5) is 0 Å². The third-order valence-electron chi connectivity index (χ3n) is 3.98. The molecule has 2 N–H and O–H groups in total. The molecule has 0 bridgehead atoms. The summed E-state index contributed by atoms with van der Waals surface area (Å²) in [5, 5.41) is 11.1. The predicted octanol–water partition coefficient (Wildman–Crippen LogP) is 1.26. The fourth-order valence-corrected chi connectivity index (χ4v) is 2.39. The molecule has 0 unspecified atom stereocenters. The number of benzene rings is 1. The normalized spacial score (nSPS) is 22.0. The highest BCUT2D eigenvalue weighted by Crippen LogP contribution is 2.34.